The Labute approximate surface area is 255 Å². The molecule has 0 saturated heterocycles. The zero-order chi connectivity index (χ0) is 29.6. The van der Waals surface area contributed by atoms with E-state index in [0.29, 0.717) is 5.82 Å². The second kappa shape index (κ2) is 10.5. The van der Waals surface area contributed by atoms with Gasteiger partial charge in [0.05, 0.1) is 11.4 Å². The van der Waals surface area contributed by atoms with Gasteiger partial charge in [0, 0.05) is 22.1 Å². The van der Waals surface area contributed by atoms with Gasteiger partial charge >= 0.3 is 0 Å². The normalized spacial score (nSPS) is 11.8. The van der Waals surface area contributed by atoms with Crippen LogP contribution in [-0.2, 0) is 0 Å². The predicted molar refractivity (Wildman–Crippen MR) is 184 cm³/mol. The lowest BCUT2D eigenvalue weighted by Crippen LogP contribution is -1.97. The topological polar surface area (TPSA) is 38.9 Å². The molecule has 0 amide bonds. The van der Waals surface area contributed by atoms with Crippen molar-refractivity contribution in [2.24, 2.45) is 0 Å². The number of hydrogen-bond donors (Lipinski definition) is 0. The van der Waals surface area contributed by atoms with Crippen molar-refractivity contribution in [3.8, 4) is 22.6 Å². The molecule has 0 unspecified atom stereocenters. The van der Waals surface area contributed by atoms with Crippen LogP contribution in [0.15, 0.2) is 144 Å². The van der Waals surface area contributed by atoms with Crippen LogP contribution in [0, 0.1) is 6.92 Å². The van der Waals surface area contributed by atoms with Crippen LogP contribution in [0.4, 0.5) is 0 Å². The number of allylic oxidation sites excluding steroid dienone is 2. The fourth-order valence-corrected chi connectivity index (χ4v) is 6.16. The van der Waals surface area contributed by atoms with Crippen molar-refractivity contribution in [1.82, 2.24) is 9.97 Å². The maximum atomic E-state index is 6.12. The van der Waals surface area contributed by atoms with Crippen molar-refractivity contribution in [3.63, 3.8) is 0 Å². The standard InChI is InChI=1S/C41H28N2O/c1-26(20-23-39-27(2)30-14-10-11-19-40(30)44-39)37-25-38(28-12-4-3-5-13-28)43-41(42-37)29-21-22-35-33-17-7-6-15-31(33)32-16-8-9-18-34(32)36(35)24-29/h3-25H,1H2,2H3/b23-20-. The second-order valence-corrected chi connectivity index (χ2v) is 11.1. The summed E-state index contributed by atoms with van der Waals surface area (Å²) in [7, 11) is 0. The van der Waals surface area contributed by atoms with Gasteiger partial charge in [0.15, 0.2) is 5.82 Å². The lowest BCUT2D eigenvalue weighted by Gasteiger charge is -2.13. The van der Waals surface area contributed by atoms with E-state index in [1.54, 1.807) is 0 Å². The van der Waals surface area contributed by atoms with E-state index in [1.807, 2.05) is 54.6 Å². The molecule has 3 heteroatoms. The van der Waals surface area contributed by atoms with E-state index >= 15 is 0 Å². The quantitative estimate of drug-likeness (QED) is 0.154. The molecule has 0 saturated carbocycles. The van der Waals surface area contributed by atoms with Gasteiger partial charge in [-0.25, -0.2) is 9.97 Å². The van der Waals surface area contributed by atoms with Crippen LogP contribution < -0.4 is 0 Å². The molecule has 0 radical (unpaired) electrons. The zero-order valence-electron chi connectivity index (χ0n) is 24.3. The SMILES string of the molecule is C=C(/C=C\c1oc2ccccc2c1C)c1cc(-c2ccccc2)nc(-c2ccc3c4ccccc4c4ccccc4c3c2)n1. The van der Waals surface area contributed by atoms with E-state index in [1.165, 1.54) is 32.3 Å². The average Bonchev–Trinajstić information content (AvgIpc) is 3.42. The molecule has 8 aromatic rings. The highest BCUT2D eigenvalue weighted by atomic mass is 16.3. The molecule has 0 aliphatic carbocycles. The summed E-state index contributed by atoms with van der Waals surface area (Å²) in [6.07, 6.45) is 3.96. The Balaban J connectivity index is 1.28. The Morgan fingerprint density at radius 1 is 0.591 bits per heavy atom. The summed E-state index contributed by atoms with van der Waals surface area (Å²) < 4.78 is 6.12. The third kappa shape index (κ3) is 4.38. The Morgan fingerprint density at radius 3 is 1.86 bits per heavy atom. The molecule has 6 aromatic carbocycles. The van der Waals surface area contributed by atoms with Gasteiger partial charge in [0.25, 0.3) is 0 Å². The molecular formula is C41H28N2O. The number of aromatic nitrogens is 2. The van der Waals surface area contributed by atoms with Gasteiger partial charge in [-0.2, -0.15) is 0 Å². The minimum absolute atomic E-state index is 0.662. The summed E-state index contributed by atoms with van der Waals surface area (Å²) in [5, 5.41) is 8.48. The van der Waals surface area contributed by atoms with Crippen LogP contribution in [0.1, 0.15) is 17.0 Å². The molecule has 2 heterocycles. The number of benzene rings is 6. The van der Waals surface area contributed by atoms with Crippen LogP contribution in [0.25, 0.3) is 77.6 Å². The number of aryl methyl sites for hydroxylation is 1. The molecule has 0 bridgehead atoms. The Hall–Kier alpha value is -5.80. The third-order valence-electron chi connectivity index (χ3n) is 8.44. The van der Waals surface area contributed by atoms with Crippen molar-refractivity contribution in [2.75, 3.05) is 0 Å². The molecule has 2 aromatic heterocycles. The zero-order valence-corrected chi connectivity index (χ0v) is 24.3. The number of nitrogens with zero attached hydrogens (tertiary/aromatic N) is 2. The third-order valence-corrected chi connectivity index (χ3v) is 8.44. The fraction of sp³-hybridized carbons (Fsp3) is 0.0244. The molecule has 44 heavy (non-hydrogen) atoms. The van der Waals surface area contributed by atoms with Gasteiger partial charge in [0.1, 0.15) is 11.3 Å². The minimum Gasteiger partial charge on any atom is -0.456 e. The molecule has 0 atom stereocenters. The molecule has 0 fully saturated rings. The minimum atomic E-state index is 0.662. The summed E-state index contributed by atoms with van der Waals surface area (Å²) in [6.45, 7) is 6.48. The average molecular weight is 565 g/mol. The summed E-state index contributed by atoms with van der Waals surface area (Å²) in [4.78, 5) is 10.1. The highest BCUT2D eigenvalue weighted by Crippen LogP contribution is 2.37. The molecule has 0 spiro atoms. The first-order valence-corrected chi connectivity index (χ1v) is 14.8. The van der Waals surface area contributed by atoms with Gasteiger partial charge in [-0.05, 0) is 75.2 Å². The maximum absolute atomic E-state index is 6.12. The van der Waals surface area contributed by atoms with Crippen molar-refractivity contribution in [1.29, 1.82) is 0 Å². The van der Waals surface area contributed by atoms with E-state index in [2.05, 4.69) is 98.4 Å². The van der Waals surface area contributed by atoms with Crippen LogP contribution in [0.2, 0.25) is 0 Å². The second-order valence-electron chi connectivity index (χ2n) is 11.1. The first-order chi connectivity index (χ1) is 21.6. The van der Waals surface area contributed by atoms with Gasteiger partial charge < -0.3 is 4.42 Å². The smallest absolute Gasteiger partial charge is 0.160 e. The van der Waals surface area contributed by atoms with E-state index in [0.717, 1.165) is 50.4 Å². The van der Waals surface area contributed by atoms with Crippen molar-refractivity contribution < 1.29 is 4.42 Å². The van der Waals surface area contributed by atoms with Crippen LogP contribution in [0.3, 0.4) is 0 Å². The highest BCUT2D eigenvalue weighted by molar-refractivity contribution is 6.25. The van der Waals surface area contributed by atoms with Crippen molar-refractivity contribution >= 4 is 54.9 Å². The number of para-hydroxylation sites is 1. The monoisotopic (exact) mass is 564 g/mol. The summed E-state index contributed by atoms with van der Waals surface area (Å²) in [6, 6.07) is 44.1. The van der Waals surface area contributed by atoms with E-state index < -0.39 is 0 Å². The van der Waals surface area contributed by atoms with Gasteiger partial charge in [0.2, 0.25) is 0 Å². The fourth-order valence-electron chi connectivity index (χ4n) is 6.16. The van der Waals surface area contributed by atoms with Crippen molar-refractivity contribution in [3.05, 3.63) is 157 Å². The van der Waals surface area contributed by atoms with E-state index in [4.69, 9.17) is 14.4 Å². The first-order valence-electron chi connectivity index (χ1n) is 14.8. The molecule has 8 rings (SSSR count). The lowest BCUT2D eigenvalue weighted by molar-refractivity contribution is 0.601. The molecule has 208 valence electrons. The lowest BCUT2D eigenvalue weighted by atomic mass is 9.93. The molecule has 0 N–H and O–H groups in total. The molecule has 0 aliphatic heterocycles. The molecule has 0 aliphatic rings. The highest BCUT2D eigenvalue weighted by Gasteiger charge is 2.14. The van der Waals surface area contributed by atoms with E-state index in [9.17, 15) is 0 Å². The predicted octanol–water partition coefficient (Wildman–Crippen LogP) is 11.1. The Kier molecular flexibility index (Phi) is 6.16. The first kappa shape index (κ1) is 25.9. The summed E-state index contributed by atoms with van der Waals surface area (Å²) >= 11 is 0. The van der Waals surface area contributed by atoms with Gasteiger partial charge in [-0.3, -0.25) is 0 Å². The molecular weight excluding hydrogens is 536 g/mol. The summed E-state index contributed by atoms with van der Waals surface area (Å²) in [5.41, 5.74) is 6.37. The maximum Gasteiger partial charge on any atom is 0.160 e. The Morgan fingerprint density at radius 2 is 1.18 bits per heavy atom. The number of rotatable bonds is 5. The van der Waals surface area contributed by atoms with Crippen LogP contribution in [0.5, 0.6) is 0 Å². The summed E-state index contributed by atoms with van der Waals surface area (Å²) in [5.74, 6) is 1.48. The number of hydrogen-bond acceptors (Lipinski definition) is 3. The Bertz CT molecular complexity index is 2380. The van der Waals surface area contributed by atoms with E-state index in [-0.39, 0.29) is 0 Å². The van der Waals surface area contributed by atoms with Crippen LogP contribution in [-0.4, -0.2) is 9.97 Å². The van der Waals surface area contributed by atoms with Gasteiger partial charge in [-0.1, -0.05) is 116 Å². The van der Waals surface area contributed by atoms with Crippen molar-refractivity contribution in [2.45, 2.75) is 6.92 Å². The van der Waals surface area contributed by atoms with Gasteiger partial charge in [-0.15, -0.1) is 0 Å². The largest absolute Gasteiger partial charge is 0.456 e. The number of fused-ring (bicyclic) bond motifs is 7. The van der Waals surface area contributed by atoms with Crippen LogP contribution >= 0.6 is 0 Å². The number of furan rings is 1. The molecule has 3 nitrogen and oxygen atoms in total.